The first-order valence-corrected chi connectivity index (χ1v) is 6.84. The van der Waals surface area contributed by atoms with E-state index < -0.39 is 6.29 Å². The van der Waals surface area contributed by atoms with Crippen molar-refractivity contribution in [3.05, 3.63) is 23.8 Å². The van der Waals surface area contributed by atoms with Crippen molar-refractivity contribution in [3.8, 4) is 11.5 Å². The van der Waals surface area contributed by atoms with Crippen LogP contribution in [0.2, 0.25) is 0 Å². The van der Waals surface area contributed by atoms with Gasteiger partial charge in [-0.1, -0.05) is 19.9 Å². The van der Waals surface area contributed by atoms with Crippen LogP contribution in [0, 0.1) is 5.92 Å². The van der Waals surface area contributed by atoms with E-state index in [9.17, 15) is 5.11 Å². The van der Waals surface area contributed by atoms with E-state index in [1.807, 2.05) is 18.2 Å². The topological polar surface area (TPSA) is 60.0 Å². The average Bonchev–Trinajstić information content (AvgIpc) is 2.46. The van der Waals surface area contributed by atoms with Gasteiger partial charge in [0.25, 0.3) is 0 Å². The minimum Gasteiger partial charge on any atom is -0.493 e. The Morgan fingerprint density at radius 2 is 1.95 bits per heavy atom. The van der Waals surface area contributed by atoms with E-state index in [-0.39, 0.29) is 18.0 Å². The SMILES string of the molecule is COc1ccc([C@@H]2COC(O)[C@H](C(C)C)N2)cc1OC. The van der Waals surface area contributed by atoms with Gasteiger partial charge in [-0.05, 0) is 23.6 Å². The zero-order valence-electron chi connectivity index (χ0n) is 12.4. The van der Waals surface area contributed by atoms with E-state index >= 15 is 0 Å². The lowest BCUT2D eigenvalue weighted by Crippen LogP contribution is -2.52. The van der Waals surface area contributed by atoms with Crippen LogP contribution in [0.15, 0.2) is 18.2 Å². The Kier molecular flexibility index (Phi) is 4.86. The fraction of sp³-hybridized carbons (Fsp3) is 0.600. The Hall–Kier alpha value is -1.30. The van der Waals surface area contributed by atoms with Crippen molar-refractivity contribution in [3.63, 3.8) is 0 Å². The molecule has 2 N–H and O–H groups in total. The van der Waals surface area contributed by atoms with E-state index in [0.717, 1.165) is 5.56 Å². The molecule has 0 spiro atoms. The lowest BCUT2D eigenvalue weighted by atomic mass is 9.98. The second-order valence-electron chi connectivity index (χ2n) is 5.33. The van der Waals surface area contributed by atoms with Gasteiger partial charge in [0.15, 0.2) is 17.8 Å². The van der Waals surface area contributed by atoms with E-state index in [4.69, 9.17) is 14.2 Å². The number of benzene rings is 1. The highest BCUT2D eigenvalue weighted by molar-refractivity contribution is 5.43. The van der Waals surface area contributed by atoms with Gasteiger partial charge in [-0.15, -0.1) is 0 Å². The van der Waals surface area contributed by atoms with Gasteiger partial charge in [0.05, 0.1) is 32.9 Å². The zero-order chi connectivity index (χ0) is 14.7. The van der Waals surface area contributed by atoms with E-state index in [0.29, 0.717) is 18.1 Å². The first kappa shape index (κ1) is 15.1. The lowest BCUT2D eigenvalue weighted by molar-refractivity contribution is -0.161. The van der Waals surface area contributed by atoms with Crippen LogP contribution >= 0.6 is 0 Å². The Balaban J connectivity index is 2.19. The molecule has 20 heavy (non-hydrogen) atoms. The van der Waals surface area contributed by atoms with Crippen LogP contribution in [0.1, 0.15) is 25.5 Å². The summed E-state index contributed by atoms with van der Waals surface area (Å²) in [5, 5.41) is 13.3. The highest BCUT2D eigenvalue weighted by atomic mass is 16.6. The maximum atomic E-state index is 9.86. The Morgan fingerprint density at radius 1 is 1.25 bits per heavy atom. The number of morpholine rings is 1. The van der Waals surface area contributed by atoms with Crippen LogP contribution in [0.4, 0.5) is 0 Å². The third-order valence-corrected chi connectivity index (χ3v) is 3.66. The molecule has 1 aliphatic rings. The molecule has 0 aliphatic carbocycles. The molecule has 1 saturated heterocycles. The molecule has 0 amide bonds. The van der Waals surface area contributed by atoms with Gasteiger partial charge in [-0.2, -0.15) is 0 Å². The smallest absolute Gasteiger partial charge is 0.170 e. The molecule has 1 unspecified atom stereocenters. The normalized spacial score (nSPS) is 26.6. The highest BCUT2D eigenvalue weighted by Gasteiger charge is 2.32. The summed E-state index contributed by atoms with van der Waals surface area (Å²) in [7, 11) is 3.23. The minimum absolute atomic E-state index is 0.0330. The van der Waals surface area contributed by atoms with Gasteiger partial charge in [0, 0.05) is 0 Å². The summed E-state index contributed by atoms with van der Waals surface area (Å²) in [6.45, 7) is 4.54. The van der Waals surface area contributed by atoms with Crippen molar-refractivity contribution in [1.29, 1.82) is 0 Å². The van der Waals surface area contributed by atoms with E-state index in [1.54, 1.807) is 14.2 Å². The maximum absolute atomic E-state index is 9.86. The van der Waals surface area contributed by atoms with Gasteiger partial charge >= 0.3 is 0 Å². The second kappa shape index (κ2) is 6.43. The molecule has 5 nitrogen and oxygen atoms in total. The molecular weight excluding hydrogens is 258 g/mol. The Morgan fingerprint density at radius 3 is 2.55 bits per heavy atom. The summed E-state index contributed by atoms with van der Waals surface area (Å²) in [6, 6.07) is 5.75. The van der Waals surface area contributed by atoms with Crippen LogP contribution in [-0.4, -0.2) is 38.3 Å². The number of aliphatic hydroxyl groups excluding tert-OH is 1. The fourth-order valence-electron chi connectivity index (χ4n) is 2.44. The van der Waals surface area contributed by atoms with Crippen molar-refractivity contribution in [2.24, 2.45) is 5.92 Å². The molecule has 0 radical (unpaired) electrons. The molecule has 1 aromatic carbocycles. The van der Waals surface area contributed by atoms with E-state index in [1.165, 1.54) is 0 Å². The number of aliphatic hydroxyl groups is 1. The molecule has 0 aromatic heterocycles. The number of hydrogen-bond acceptors (Lipinski definition) is 5. The van der Waals surface area contributed by atoms with Crippen molar-refractivity contribution in [2.45, 2.75) is 32.2 Å². The predicted octanol–water partition coefficient (Wildman–Crippen LogP) is 1.71. The molecule has 1 aromatic rings. The van der Waals surface area contributed by atoms with Crippen molar-refractivity contribution in [2.75, 3.05) is 20.8 Å². The van der Waals surface area contributed by atoms with Crippen LogP contribution in [0.5, 0.6) is 11.5 Å². The average molecular weight is 281 g/mol. The van der Waals surface area contributed by atoms with Crippen molar-refractivity contribution >= 4 is 0 Å². The second-order valence-corrected chi connectivity index (χ2v) is 5.33. The van der Waals surface area contributed by atoms with Crippen LogP contribution in [-0.2, 0) is 4.74 Å². The first-order chi connectivity index (χ1) is 9.56. The van der Waals surface area contributed by atoms with Gasteiger partial charge < -0.3 is 24.6 Å². The molecule has 0 bridgehead atoms. The predicted molar refractivity (Wildman–Crippen MR) is 76.0 cm³/mol. The van der Waals surface area contributed by atoms with Crippen molar-refractivity contribution < 1.29 is 19.3 Å². The van der Waals surface area contributed by atoms with E-state index in [2.05, 4.69) is 19.2 Å². The van der Waals surface area contributed by atoms with Crippen molar-refractivity contribution in [1.82, 2.24) is 5.32 Å². The molecule has 1 aliphatic heterocycles. The van der Waals surface area contributed by atoms with Gasteiger partial charge in [-0.3, -0.25) is 0 Å². The summed E-state index contributed by atoms with van der Waals surface area (Å²) in [4.78, 5) is 0. The van der Waals surface area contributed by atoms with Crippen LogP contribution < -0.4 is 14.8 Å². The van der Waals surface area contributed by atoms with Crippen LogP contribution in [0.25, 0.3) is 0 Å². The molecule has 0 saturated carbocycles. The maximum Gasteiger partial charge on any atom is 0.170 e. The summed E-state index contributed by atoms with van der Waals surface area (Å²) in [6.07, 6.45) is -0.758. The summed E-state index contributed by atoms with van der Waals surface area (Å²) in [5.41, 5.74) is 1.06. The fourth-order valence-corrected chi connectivity index (χ4v) is 2.44. The monoisotopic (exact) mass is 281 g/mol. The van der Waals surface area contributed by atoms with Crippen LogP contribution in [0.3, 0.4) is 0 Å². The summed E-state index contributed by atoms with van der Waals surface area (Å²) in [5.74, 6) is 1.68. The summed E-state index contributed by atoms with van der Waals surface area (Å²) < 4.78 is 16.0. The zero-order valence-corrected chi connectivity index (χ0v) is 12.4. The lowest BCUT2D eigenvalue weighted by Gasteiger charge is -2.37. The molecule has 3 atom stereocenters. The number of nitrogens with one attached hydrogen (secondary N) is 1. The number of hydrogen-bond donors (Lipinski definition) is 2. The summed E-state index contributed by atoms with van der Waals surface area (Å²) >= 11 is 0. The molecule has 112 valence electrons. The third kappa shape index (κ3) is 3.06. The standard InChI is InChI=1S/C15H23NO4/c1-9(2)14-15(17)20-8-11(16-14)10-5-6-12(18-3)13(7-10)19-4/h5-7,9,11,14-17H,8H2,1-4H3/t11-,14-,15?/m0/s1. The highest BCUT2D eigenvalue weighted by Crippen LogP contribution is 2.31. The largest absolute Gasteiger partial charge is 0.493 e. The van der Waals surface area contributed by atoms with Gasteiger partial charge in [-0.25, -0.2) is 0 Å². The Labute approximate surface area is 119 Å². The molecule has 2 rings (SSSR count). The third-order valence-electron chi connectivity index (χ3n) is 3.66. The number of rotatable bonds is 4. The first-order valence-electron chi connectivity index (χ1n) is 6.84. The minimum atomic E-state index is -0.758. The quantitative estimate of drug-likeness (QED) is 0.880. The molecular formula is C15H23NO4. The molecule has 1 heterocycles. The Bertz CT molecular complexity index is 449. The van der Waals surface area contributed by atoms with Gasteiger partial charge in [0.2, 0.25) is 0 Å². The number of ether oxygens (including phenoxy) is 3. The number of methoxy groups -OCH3 is 2. The van der Waals surface area contributed by atoms with Gasteiger partial charge in [0.1, 0.15) is 0 Å². The molecule has 1 fully saturated rings. The molecule has 5 heteroatoms.